The minimum Gasteiger partial charge on any atom is -0.252 e. The number of thiophene rings is 1. The Balaban J connectivity index is 2.48. The average molecular weight is 166 g/mol. The summed E-state index contributed by atoms with van der Waals surface area (Å²) >= 11 is 3.36. The van der Waals surface area contributed by atoms with Crippen LogP contribution in [0.15, 0.2) is 23.2 Å². The number of aromatic nitrogens is 1. The molecular weight excluding hydrogens is 162 g/mol. The van der Waals surface area contributed by atoms with E-state index in [2.05, 4.69) is 11.1 Å². The van der Waals surface area contributed by atoms with Crippen LogP contribution in [0.1, 0.15) is 0 Å². The van der Waals surface area contributed by atoms with Crippen molar-refractivity contribution in [1.82, 2.24) is 4.98 Å². The van der Waals surface area contributed by atoms with Crippen LogP contribution in [0.2, 0.25) is 0 Å². The van der Waals surface area contributed by atoms with Gasteiger partial charge < -0.3 is 0 Å². The third-order valence-corrected chi connectivity index (χ3v) is 2.92. The highest BCUT2D eigenvalue weighted by Crippen LogP contribution is 2.26. The molecule has 1 radical (unpaired) electrons. The van der Waals surface area contributed by atoms with E-state index in [-0.39, 0.29) is 0 Å². The van der Waals surface area contributed by atoms with Crippen molar-refractivity contribution in [2.75, 3.05) is 0 Å². The van der Waals surface area contributed by atoms with Gasteiger partial charge in [0, 0.05) is 11.1 Å². The number of nitrogens with zero attached hydrogens (tertiary/aromatic N) is 1. The highest BCUT2D eigenvalue weighted by atomic mass is 32.1. The van der Waals surface area contributed by atoms with Crippen LogP contribution in [-0.2, 0) is 0 Å². The molecular formula is C7H4NS2. The van der Waals surface area contributed by atoms with Gasteiger partial charge in [-0.25, -0.2) is 0 Å². The fourth-order valence-corrected chi connectivity index (χ4v) is 2.10. The fourth-order valence-electron chi connectivity index (χ4n) is 0.708. The van der Waals surface area contributed by atoms with E-state index < -0.39 is 0 Å². The fraction of sp³-hybridized carbons (Fsp3) is 0. The maximum atomic E-state index is 3.99. The molecule has 10 heavy (non-hydrogen) atoms. The van der Waals surface area contributed by atoms with Crippen molar-refractivity contribution in [2.45, 2.75) is 0 Å². The van der Waals surface area contributed by atoms with Crippen molar-refractivity contribution in [3.8, 4) is 9.75 Å². The molecule has 0 aromatic carbocycles. The summed E-state index contributed by atoms with van der Waals surface area (Å²) < 4.78 is 0. The maximum absolute atomic E-state index is 3.99. The van der Waals surface area contributed by atoms with Crippen molar-refractivity contribution >= 4 is 22.7 Å². The molecule has 0 N–H and O–H groups in total. The zero-order chi connectivity index (χ0) is 6.81. The van der Waals surface area contributed by atoms with Crippen molar-refractivity contribution in [3.63, 3.8) is 0 Å². The summed E-state index contributed by atoms with van der Waals surface area (Å²) in [4.78, 5) is 6.47. The lowest BCUT2D eigenvalue weighted by atomic mass is 10.4. The second-order valence-corrected chi connectivity index (χ2v) is 3.57. The summed E-state index contributed by atoms with van der Waals surface area (Å²) in [5, 5.41) is 1.95. The van der Waals surface area contributed by atoms with Crippen LogP contribution in [0.3, 0.4) is 0 Å². The van der Waals surface area contributed by atoms with Gasteiger partial charge >= 0.3 is 0 Å². The van der Waals surface area contributed by atoms with E-state index in [9.17, 15) is 0 Å². The van der Waals surface area contributed by atoms with Crippen LogP contribution in [0.25, 0.3) is 9.75 Å². The molecule has 0 bridgehead atoms. The van der Waals surface area contributed by atoms with Gasteiger partial charge in [-0.1, -0.05) is 0 Å². The molecule has 0 unspecified atom stereocenters. The topological polar surface area (TPSA) is 12.9 Å². The highest BCUT2D eigenvalue weighted by molar-refractivity contribution is 7.20. The van der Waals surface area contributed by atoms with Crippen molar-refractivity contribution in [1.29, 1.82) is 0 Å². The molecule has 0 atom stereocenters. The molecule has 2 aromatic rings. The van der Waals surface area contributed by atoms with E-state index >= 15 is 0 Å². The van der Waals surface area contributed by atoms with Crippen molar-refractivity contribution in [3.05, 3.63) is 29.2 Å². The summed E-state index contributed by atoms with van der Waals surface area (Å²) in [5.41, 5.74) is 1.84. The normalized spacial score (nSPS) is 10.0. The van der Waals surface area contributed by atoms with Gasteiger partial charge in [-0.2, -0.15) is 0 Å². The minimum atomic E-state index is 1.23. The van der Waals surface area contributed by atoms with Gasteiger partial charge in [0.15, 0.2) is 0 Å². The summed E-state index contributed by atoms with van der Waals surface area (Å²) in [6.07, 6.45) is 1.88. The number of hydrogen-bond donors (Lipinski definition) is 0. The largest absolute Gasteiger partial charge is 0.252 e. The molecule has 0 amide bonds. The Morgan fingerprint density at radius 2 is 2.30 bits per heavy atom. The molecule has 0 aliphatic carbocycles. The van der Waals surface area contributed by atoms with Crippen LogP contribution >= 0.6 is 22.7 Å². The van der Waals surface area contributed by atoms with Crippen LogP contribution in [0, 0.1) is 6.07 Å². The van der Waals surface area contributed by atoms with Gasteiger partial charge in [0.05, 0.1) is 10.4 Å². The van der Waals surface area contributed by atoms with Gasteiger partial charge in [0.1, 0.15) is 0 Å². The minimum absolute atomic E-state index is 1.23. The lowest BCUT2D eigenvalue weighted by molar-refractivity contribution is 1.43. The summed E-state index contributed by atoms with van der Waals surface area (Å²) in [7, 11) is 0. The molecule has 0 saturated heterocycles. The van der Waals surface area contributed by atoms with Crippen LogP contribution in [0.5, 0.6) is 0 Å². The molecule has 49 valence electrons. The van der Waals surface area contributed by atoms with E-state index in [0.717, 1.165) is 0 Å². The van der Waals surface area contributed by atoms with Gasteiger partial charge in [-0.3, -0.25) is 4.98 Å². The van der Waals surface area contributed by atoms with Gasteiger partial charge in [0.25, 0.3) is 0 Å². The summed E-state index contributed by atoms with van der Waals surface area (Å²) in [5.74, 6) is 0. The first-order valence-corrected chi connectivity index (χ1v) is 4.56. The third kappa shape index (κ3) is 0.978. The van der Waals surface area contributed by atoms with E-state index in [1.807, 2.05) is 23.2 Å². The Hall–Kier alpha value is -0.670. The lowest BCUT2D eigenvalue weighted by Gasteiger charge is -1.83. The molecule has 0 fully saturated rings. The van der Waals surface area contributed by atoms with E-state index in [4.69, 9.17) is 0 Å². The molecule has 0 spiro atoms. The van der Waals surface area contributed by atoms with Gasteiger partial charge in [-0.05, 0) is 17.5 Å². The molecule has 0 aliphatic heterocycles. The Morgan fingerprint density at radius 1 is 1.30 bits per heavy atom. The molecule has 2 aromatic heterocycles. The Morgan fingerprint density at radius 3 is 2.90 bits per heavy atom. The van der Waals surface area contributed by atoms with Gasteiger partial charge in [0.2, 0.25) is 0 Å². The van der Waals surface area contributed by atoms with Crippen molar-refractivity contribution < 1.29 is 0 Å². The first-order chi connectivity index (χ1) is 4.97. The summed E-state index contributed by atoms with van der Waals surface area (Å²) in [6.45, 7) is 0. The molecule has 0 aliphatic rings. The zero-order valence-electron chi connectivity index (χ0n) is 5.07. The number of rotatable bonds is 1. The van der Waals surface area contributed by atoms with Gasteiger partial charge in [-0.15, -0.1) is 22.7 Å². The quantitative estimate of drug-likeness (QED) is 0.634. The number of thiazole rings is 1. The molecule has 0 saturated carbocycles. The predicted octanol–water partition coefficient (Wildman–Crippen LogP) is 2.67. The first kappa shape index (κ1) is 6.07. The second kappa shape index (κ2) is 2.52. The Kier molecular flexibility index (Phi) is 1.53. The highest BCUT2D eigenvalue weighted by Gasteiger charge is 1.97. The predicted molar refractivity (Wildman–Crippen MR) is 44.3 cm³/mol. The maximum Gasteiger partial charge on any atom is 0.0798 e. The molecule has 3 heteroatoms. The first-order valence-electron chi connectivity index (χ1n) is 2.80. The van der Waals surface area contributed by atoms with E-state index in [0.29, 0.717) is 0 Å². The summed E-state index contributed by atoms with van der Waals surface area (Å²) in [6, 6.07) is 5.00. The zero-order valence-corrected chi connectivity index (χ0v) is 6.71. The molecule has 1 nitrogen and oxygen atoms in total. The van der Waals surface area contributed by atoms with Crippen LogP contribution < -0.4 is 0 Å². The average Bonchev–Trinajstić information content (AvgIpc) is 2.59. The van der Waals surface area contributed by atoms with E-state index in [1.165, 1.54) is 9.75 Å². The Labute approximate surface area is 67.0 Å². The molecule has 2 rings (SSSR count). The lowest BCUT2D eigenvalue weighted by Crippen LogP contribution is -1.57. The SMILES string of the molecule is [c]1csc(-c2cncs2)c1. The van der Waals surface area contributed by atoms with E-state index in [1.54, 1.807) is 22.7 Å². The second-order valence-electron chi connectivity index (χ2n) is 1.78. The monoisotopic (exact) mass is 166 g/mol. The van der Waals surface area contributed by atoms with Crippen LogP contribution in [-0.4, -0.2) is 4.98 Å². The smallest absolute Gasteiger partial charge is 0.0798 e. The Bertz CT molecular complexity index is 251. The molecule has 2 heterocycles. The standard InChI is InChI=1S/C7H4NS2/c1-2-6(9-3-1)7-4-8-5-10-7/h2-5H. The third-order valence-electron chi connectivity index (χ3n) is 1.14. The van der Waals surface area contributed by atoms with Crippen LogP contribution in [0.4, 0.5) is 0 Å². The van der Waals surface area contributed by atoms with Crippen molar-refractivity contribution in [2.24, 2.45) is 0 Å². The number of hydrogen-bond acceptors (Lipinski definition) is 3.